The second kappa shape index (κ2) is 11.2. The van der Waals surface area contributed by atoms with Crippen LogP contribution in [0.1, 0.15) is 65.0 Å². The third-order valence-electron chi connectivity index (χ3n) is 7.15. The summed E-state index contributed by atoms with van der Waals surface area (Å²) in [7, 11) is 0. The van der Waals surface area contributed by atoms with Crippen LogP contribution in [0.25, 0.3) is 0 Å². The van der Waals surface area contributed by atoms with Crippen LogP contribution in [-0.2, 0) is 22.5 Å². The number of nitrogens with one attached hydrogen (secondary N) is 2. The summed E-state index contributed by atoms with van der Waals surface area (Å²) in [6.45, 7) is 3.82. The predicted molar refractivity (Wildman–Crippen MR) is 133 cm³/mol. The standard InChI is InChI=1S/C26H34N4O6/c1-15-12-22(32)28-16(2)23(15)26(35)36-30(21(9-11-31)25(33)34)20-13-17(14-20)5-7-19-8-6-18-4-3-10-27-24(18)29-19/h6,8,12,17,20-21,31H,3-5,7,9-11,13-14H2,1-2H3,(H,27,29)(H,28,32)(H,33,34)/t17?,20?,21-/m0/s1. The lowest BCUT2D eigenvalue weighted by atomic mass is 9.76. The molecule has 0 radical (unpaired) electrons. The summed E-state index contributed by atoms with van der Waals surface area (Å²) in [6.07, 6.45) is 5.17. The Kier molecular flexibility index (Phi) is 8.05. The molecule has 2 aromatic rings. The van der Waals surface area contributed by atoms with Crippen molar-refractivity contribution in [2.45, 2.75) is 70.9 Å². The maximum absolute atomic E-state index is 13.0. The van der Waals surface area contributed by atoms with Crippen molar-refractivity contribution in [3.8, 4) is 0 Å². The highest BCUT2D eigenvalue weighted by atomic mass is 16.7. The molecule has 1 atom stereocenters. The van der Waals surface area contributed by atoms with Gasteiger partial charge in [0, 0.05) is 36.6 Å². The molecular weight excluding hydrogens is 464 g/mol. The fourth-order valence-corrected chi connectivity index (χ4v) is 5.18. The van der Waals surface area contributed by atoms with Gasteiger partial charge in [-0.15, -0.1) is 5.06 Å². The number of carboxylic acid groups (broad SMARTS) is 1. The number of fused-ring (bicyclic) bond motifs is 1. The lowest BCUT2D eigenvalue weighted by Gasteiger charge is -2.43. The van der Waals surface area contributed by atoms with E-state index in [0.717, 1.165) is 43.7 Å². The van der Waals surface area contributed by atoms with E-state index in [1.54, 1.807) is 13.8 Å². The van der Waals surface area contributed by atoms with E-state index in [9.17, 15) is 24.6 Å². The van der Waals surface area contributed by atoms with Crippen LogP contribution in [0.2, 0.25) is 0 Å². The second-order valence-electron chi connectivity index (χ2n) is 9.79. The molecule has 2 aliphatic rings. The molecule has 1 aliphatic heterocycles. The van der Waals surface area contributed by atoms with Crippen molar-refractivity contribution < 1.29 is 24.6 Å². The van der Waals surface area contributed by atoms with Gasteiger partial charge in [0.05, 0.1) is 5.56 Å². The highest BCUT2D eigenvalue weighted by molar-refractivity contribution is 5.92. The Hall–Kier alpha value is -3.24. The third kappa shape index (κ3) is 5.76. The molecule has 4 rings (SSSR count). The summed E-state index contributed by atoms with van der Waals surface area (Å²) >= 11 is 0. The van der Waals surface area contributed by atoms with Crippen molar-refractivity contribution in [2.75, 3.05) is 18.5 Å². The second-order valence-corrected chi connectivity index (χ2v) is 9.79. The molecule has 10 nitrogen and oxygen atoms in total. The Balaban J connectivity index is 1.42. The predicted octanol–water partition coefficient (Wildman–Crippen LogP) is 2.37. The minimum atomic E-state index is -1.17. The zero-order valence-electron chi connectivity index (χ0n) is 20.7. The van der Waals surface area contributed by atoms with Crippen LogP contribution < -0.4 is 10.9 Å². The highest BCUT2D eigenvalue weighted by Gasteiger charge is 2.42. The van der Waals surface area contributed by atoms with Gasteiger partial charge < -0.3 is 25.4 Å². The number of H-pyrrole nitrogens is 1. The van der Waals surface area contributed by atoms with Gasteiger partial charge in [0.1, 0.15) is 11.9 Å². The molecule has 0 aromatic carbocycles. The minimum Gasteiger partial charge on any atom is -0.480 e. The van der Waals surface area contributed by atoms with Crippen molar-refractivity contribution in [3.63, 3.8) is 0 Å². The number of carboxylic acids is 1. The lowest BCUT2D eigenvalue weighted by Crippen LogP contribution is -2.53. The topological polar surface area (TPSA) is 145 Å². The first-order chi connectivity index (χ1) is 17.3. The van der Waals surface area contributed by atoms with E-state index in [0.29, 0.717) is 30.0 Å². The highest BCUT2D eigenvalue weighted by Crippen LogP contribution is 2.37. The first-order valence-corrected chi connectivity index (χ1v) is 12.5. The van der Waals surface area contributed by atoms with Crippen molar-refractivity contribution in [1.29, 1.82) is 0 Å². The molecule has 0 saturated heterocycles. The maximum atomic E-state index is 13.0. The number of aliphatic hydroxyl groups excluding tert-OH is 1. The zero-order valence-corrected chi connectivity index (χ0v) is 20.7. The number of anilines is 1. The Morgan fingerprint density at radius 1 is 1.28 bits per heavy atom. The Bertz CT molecular complexity index is 1150. The number of carbonyl (C=O) groups excluding carboxylic acids is 1. The first kappa shape index (κ1) is 25.8. The molecule has 3 heterocycles. The number of aromatic amines is 1. The van der Waals surface area contributed by atoms with E-state index in [4.69, 9.17) is 9.82 Å². The summed E-state index contributed by atoms with van der Waals surface area (Å²) in [5.41, 5.74) is 2.97. The SMILES string of the molecule is Cc1cc(=O)[nH]c(C)c1C(=O)ON(C1CC(CCc2ccc3c(n2)NCCC3)C1)[C@@H](CCO)C(=O)O. The number of rotatable bonds is 10. The number of hydrogen-bond donors (Lipinski definition) is 4. The molecule has 194 valence electrons. The van der Waals surface area contributed by atoms with Crippen LogP contribution in [0.4, 0.5) is 5.82 Å². The normalized spacial score (nSPS) is 19.7. The number of aromatic nitrogens is 2. The van der Waals surface area contributed by atoms with Gasteiger partial charge in [0.15, 0.2) is 0 Å². The van der Waals surface area contributed by atoms with Gasteiger partial charge in [-0.25, -0.2) is 9.78 Å². The lowest BCUT2D eigenvalue weighted by molar-refractivity contribution is -0.204. The van der Waals surface area contributed by atoms with Crippen molar-refractivity contribution in [3.05, 3.63) is 56.6 Å². The number of nitrogens with zero attached hydrogens (tertiary/aromatic N) is 2. The summed E-state index contributed by atoms with van der Waals surface area (Å²) in [5, 5.41) is 23.8. The number of aryl methyl sites for hydroxylation is 4. The van der Waals surface area contributed by atoms with Crippen LogP contribution in [0.3, 0.4) is 0 Å². The Morgan fingerprint density at radius 2 is 2.06 bits per heavy atom. The fraction of sp³-hybridized carbons (Fsp3) is 0.538. The number of pyridine rings is 2. The molecule has 1 fully saturated rings. The molecular formula is C26H34N4O6. The molecule has 36 heavy (non-hydrogen) atoms. The number of hydroxylamine groups is 2. The summed E-state index contributed by atoms with van der Waals surface area (Å²) in [6, 6.07) is 4.09. The molecule has 2 aromatic heterocycles. The van der Waals surface area contributed by atoms with Crippen molar-refractivity contribution in [1.82, 2.24) is 15.0 Å². The van der Waals surface area contributed by atoms with Gasteiger partial charge in [0.25, 0.3) is 0 Å². The summed E-state index contributed by atoms with van der Waals surface area (Å²) < 4.78 is 0. The molecule has 0 amide bonds. The Labute approximate surface area is 209 Å². The van der Waals surface area contributed by atoms with Crippen LogP contribution in [0, 0.1) is 19.8 Å². The maximum Gasteiger partial charge on any atom is 0.359 e. The van der Waals surface area contributed by atoms with E-state index in [2.05, 4.69) is 22.4 Å². The first-order valence-electron chi connectivity index (χ1n) is 12.5. The fourth-order valence-electron chi connectivity index (χ4n) is 5.18. The van der Waals surface area contributed by atoms with Crippen molar-refractivity contribution in [2.24, 2.45) is 5.92 Å². The monoisotopic (exact) mass is 498 g/mol. The molecule has 0 spiro atoms. The van der Waals surface area contributed by atoms with Crippen LogP contribution in [0.5, 0.6) is 0 Å². The molecule has 4 N–H and O–H groups in total. The van der Waals surface area contributed by atoms with Gasteiger partial charge in [-0.3, -0.25) is 9.59 Å². The van der Waals surface area contributed by atoms with Gasteiger partial charge in [-0.1, -0.05) is 6.07 Å². The summed E-state index contributed by atoms with van der Waals surface area (Å²) in [5.74, 6) is -0.563. The van der Waals surface area contributed by atoms with E-state index in [1.165, 1.54) is 16.7 Å². The molecule has 0 unspecified atom stereocenters. The van der Waals surface area contributed by atoms with E-state index in [1.807, 2.05) is 0 Å². The van der Waals surface area contributed by atoms with E-state index in [-0.39, 0.29) is 30.2 Å². The zero-order chi connectivity index (χ0) is 25.8. The van der Waals surface area contributed by atoms with Crippen LogP contribution in [-0.4, -0.2) is 62.4 Å². The van der Waals surface area contributed by atoms with Gasteiger partial charge in [-0.2, -0.15) is 0 Å². The van der Waals surface area contributed by atoms with Gasteiger partial charge >= 0.3 is 11.9 Å². The smallest absolute Gasteiger partial charge is 0.359 e. The number of aliphatic hydroxyl groups is 1. The number of aliphatic carboxylic acids is 1. The van der Waals surface area contributed by atoms with Crippen LogP contribution >= 0.6 is 0 Å². The Morgan fingerprint density at radius 3 is 2.75 bits per heavy atom. The largest absolute Gasteiger partial charge is 0.480 e. The number of carbonyl (C=O) groups is 2. The average Bonchev–Trinajstić information content (AvgIpc) is 2.80. The molecule has 1 saturated carbocycles. The van der Waals surface area contributed by atoms with Crippen LogP contribution in [0.15, 0.2) is 23.0 Å². The number of hydrogen-bond acceptors (Lipinski definition) is 8. The average molecular weight is 499 g/mol. The minimum absolute atomic E-state index is 0.0700. The van der Waals surface area contributed by atoms with Gasteiger partial charge in [-0.05, 0) is 81.9 Å². The molecule has 0 bridgehead atoms. The third-order valence-corrected chi connectivity index (χ3v) is 7.15. The quantitative estimate of drug-likeness (QED) is 0.363. The van der Waals surface area contributed by atoms with E-state index >= 15 is 0 Å². The molecule has 1 aliphatic carbocycles. The van der Waals surface area contributed by atoms with Crippen molar-refractivity contribution >= 4 is 17.8 Å². The molecule has 10 heteroatoms. The van der Waals surface area contributed by atoms with E-state index < -0.39 is 18.0 Å². The summed E-state index contributed by atoms with van der Waals surface area (Å²) in [4.78, 5) is 49.7. The van der Waals surface area contributed by atoms with Gasteiger partial charge in [0.2, 0.25) is 5.56 Å².